The van der Waals surface area contributed by atoms with Crippen LogP contribution in [0.2, 0.25) is 0 Å². The summed E-state index contributed by atoms with van der Waals surface area (Å²) >= 11 is 0. The van der Waals surface area contributed by atoms with Crippen LogP contribution < -0.4 is 4.90 Å². The van der Waals surface area contributed by atoms with Crippen molar-refractivity contribution in [2.24, 2.45) is 0 Å². The van der Waals surface area contributed by atoms with Gasteiger partial charge in [0.15, 0.2) is 5.78 Å². The molecule has 1 heterocycles. The van der Waals surface area contributed by atoms with Crippen LogP contribution in [0, 0.1) is 10.1 Å². The number of benzene rings is 1. The van der Waals surface area contributed by atoms with E-state index in [1.54, 1.807) is 24.1 Å². The third-order valence-electron chi connectivity index (χ3n) is 2.47. The molecule has 0 aliphatic carbocycles. The quantitative estimate of drug-likeness (QED) is 0.530. The highest BCUT2D eigenvalue weighted by molar-refractivity contribution is 5.99. The third kappa shape index (κ3) is 1.79. The van der Waals surface area contributed by atoms with Crippen LogP contribution in [0.3, 0.4) is 0 Å². The van der Waals surface area contributed by atoms with Gasteiger partial charge in [-0.3, -0.25) is 14.9 Å². The Kier molecular flexibility index (Phi) is 2.44. The maximum absolute atomic E-state index is 11.3. The van der Waals surface area contributed by atoms with Gasteiger partial charge >= 0.3 is 0 Å². The van der Waals surface area contributed by atoms with E-state index in [4.69, 9.17) is 0 Å². The van der Waals surface area contributed by atoms with Crippen molar-refractivity contribution in [3.8, 4) is 0 Å². The van der Waals surface area contributed by atoms with Gasteiger partial charge in [0.1, 0.15) is 0 Å². The minimum atomic E-state index is -0.444. The first-order valence-electron chi connectivity index (χ1n) is 4.78. The van der Waals surface area contributed by atoms with E-state index < -0.39 is 4.92 Å². The molecule has 5 heteroatoms. The van der Waals surface area contributed by atoms with Crippen LogP contribution in [0.25, 0.3) is 6.08 Å². The van der Waals surface area contributed by atoms with Gasteiger partial charge in [-0.1, -0.05) is 0 Å². The second-order valence-electron chi connectivity index (χ2n) is 3.66. The number of hydrogen-bond donors (Lipinski definition) is 0. The summed E-state index contributed by atoms with van der Waals surface area (Å²) in [6, 6.07) is 4.58. The number of nitrogens with zero attached hydrogens (tertiary/aromatic N) is 2. The van der Waals surface area contributed by atoms with Crippen molar-refractivity contribution >= 4 is 23.2 Å². The van der Waals surface area contributed by atoms with Gasteiger partial charge in [0.05, 0.1) is 11.5 Å². The highest BCUT2D eigenvalue weighted by Gasteiger charge is 2.15. The molecule has 1 aromatic carbocycles. The van der Waals surface area contributed by atoms with Crippen molar-refractivity contribution in [3.63, 3.8) is 0 Å². The summed E-state index contributed by atoms with van der Waals surface area (Å²) in [6.45, 7) is 0.293. The van der Waals surface area contributed by atoms with E-state index in [0.717, 1.165) is 5.69 Å². The largest absolute Gasteiger partial charge is 0.366 e. The summed E-state index contributed by atoms with van der Waals surface area (Å²) in [5, 5.41) is 10.6. The Morgan fingerprint density at radius 2 is 2.12 bits per heavy atom. The molecule has 0 fully saturated rings. The normalized spacial score (nSPS) is 14.6. The second-order valence-corrected chi connectivity index (χ2v) is 3.66. The molecular formula is C11H10N2O3. The number of likely N-dealkylation sites (N-methyl/N-ethyl adjacent to an activating group) is 1. The number of nitro groups is 1. The number of ketones is 1. The van der Waals surface area contributed by atoms with Crippen molar-refractivity contribution in [2.75, 3.05) is 18.5 Å². The van der Waals surface area contributed by atoms with Crippen LogP contribution in [0.5, 0.6) is 0 Å². The highest BCUT2D eigenvalue weighted by atomic mass is 16.6. The number of fused-ring (bicyclic) bond motifs is 1. The van der Waals surface area contributed by atoms with Crippen LogP contribution >= 0.6 is 0 Å². The van der Waals surface area contributed by atoms with Gasteiger partial charge in [-0.05, 0) is 18.2 Å². The summed E-state index contributed by atoms with van der Waals surface area (Å²) < 4.78 is 0. The maximum atomic E-state index is 11.3. The fourth-order valence-electron chi connectivity index (χ4n) is 1.69. The number of non-ortho nitro benzene ring substituents is 1. The van der Waals surface area contributed by atoms with Gasteiger partial charge in [-0.2, -0.15) is 0 Å². The highest BCUT2D eigenvalue weighted by Crippen LogP contribution is 2.27. The van der Waals surface area contributed by atoms with E-state index in [0.29, 0.717) is 12.1 Å². The third-order valence-corrected chi connectivity index (χ3v) is 2.47. The summed E-state index contributed by atoms with van der Waals surface area (Å²) in [6.07, 6.45) is 3.07. The van der Waals surface area contributed by atoms with Gasteiger partial charge in [0.25, 0.3) is 5.69 Å². The van der Waals surface area contributed by atoms with Crippen LogP contribution in [0.4, 0.5) is 11.4 Å². The molecule has 0 unspecified atom stereocenters. The summed E-state index contributed by atoms with van der Waals surface area (Å²) in [5.41, 5.74) is 1.56. The molecule has 2 rings (SSSR count). The number of nitro benzene ring substituents is 1. The smallest absolute Gasteiger partial charge is 0.270 e. The van der Waals surface area contributed by atoms with Crippen molar-refractivity contribution in [2.45, 2.75) is 0 Å². The first-order chi connectivity index (χ1) is 7.58. The Morgan fingerprint density at radius 3 is 2.81 bits per heavy atom. The number of hydrogen-bond acceptors (Lipinski definition) is 4. The topological polar surface area (TPSA) is 63.5 Å². The van der Waals surface area contributed by atoms with Crippen LogP contribution in [-0.2, 0) is 4.79 Å². The first-order valence-corrected chi connectivity index (χ1v) is 4.78. The molecule has 0 radical (unpaired) electrons. The molecule has 0 aromatic heterocycles. The molecule has 0 saturated heterocycles. The van der Waals surface area contributed by atoms with Crippen molar-refractivity contribution in [3.05, 3.63) is 40.0 Å². The lowest BCUT2D eigenvalue weighted by Gasteiger charge is -2.17. The molecule has 16 heavy (non-hydrogen) atoms. The minimum Gasteiger partial charge on any atom is -0.366 e. The molecule has 0 amide bonds. The van der Waals surface area contributed by atoms with E-state index >= 15 is 0 Å². The maximum Gasteiger partial charge on any atom is 0.270 e. The van der Waals surface area contributed by atoms with E-state index in [2.05, 4.69) is 0 Å². The molecule has 5 nitrogen and oxygen atoms in total. The average Bonchev–Trinajstić information content (AvgIpc) is 2.38. The summed E-state index contributed by atoms with van der Waals surface area (Å²) in [7, 11) is 1.79. The average molecular weight is 218 g/mol. The SMILES string of the molecule is CN1CC(=O)C=Cc2cc([N+](=O)[O-])ccc21. The fourth-order valence-corrected chi connectivity index (χ4v) is 1.69. The lowest BCUT2D eigenvalue weighted by Crippen LogP contribution is -2.23. The van der Waals surface area contributed by atoms with Crippen molar-refractivity contribution < 1.29 is 9.72 Å². The summed E-state index contributed by atoms with van der Waals surface area (Å²) in [4.78, 5) is 23.3. The zero-order chi connectivity index (χ0) is 11.7. The Bertz CT molecular complexity index is 494. The monoisotopic (exact) mass is 218 g/mol. The van der Waals surface area contributed by atoms with Crippen molar-refractivity contribution in [1.82, 2.24) is 0 Å². The number of carbonyl (C=O) groups is 1. The van der Waals surface area contributed by atoms with E-state index in [9.17, 15) is 14.9 Å². The lowest BCUT2D eigenvalue weighted by atomic mass is 10.1. The fraction of sp³-hybridized carbons (Fsp3) is 0.182. The molecule has 0 saturated carbocycles. The minimum absolute atomic E-state index is 0.0126. The Labute approximate surface area is 92.1 Å². The predicted molar refractivity (Wildman–Crippen MR) is 60.4 cm³/mol. The standard InChI is InChI=1S/C11H10N2O3/c1-12-7-10(14)4-2-8-6-9(13(15)16)3-5-11(8)12/h2-6H,7H2,1H3. The molecule has 1 aromatic rings. The van der Waals surface area contributed by atoms with Crippen molar-refractivity contribution in [1.29, 1.82) is 0 Å². The van der Waals surface area contributed by atoms with E-state index in [1.807, 2.05) is 0 Å². The second kappa shape index (κ2) is 3.77. The van der Waals surface area contributed by atoms with E-state index in [1.165, 1.54) is 18.2 Å². The lowest BCUT2D eigenvalue weighted by molar-refractivity contribution is -0.384. The number of anilines is 1. The van der Waals surface area contributed by atoms with Gasteiger partial charge < -0.3 is 4.90 Å². The van der Waals surface area contributed by atoms with Gasteiger partial charge in [-0.25, -0.2) is 0 Å². The number of carbonyl (C=O) groups excluding carboxylic acids is 1. The van der Waals surface area contributed by atoms with Crippen LogP contribution in [-0.4, -0.2) is 24.3 Å². The molecule has 0 N–H and O–H groups in total. The van der Waals surface area contributed by atoms with Gasteiger partial charge in [0.2, 0.25) is 0 Å². The zero-order valence-corrected chi connectivity index (χ0v) is 8.71. The molecule has 0 atom stereocenters. The van der Waals surface area contributed by atoms with Gasteiger partial charge in [-0.15, -0.1) is 0 Å². The zero-order valence-electron chi connectivity index (χ0n) is 8.71. The van der Waals surface area contributed by atoms with Gasteiger partial charge in [0, 0.05) is 30.4 Å². The summed E-state index contributed by atoms with van der Waals surface area (Å²) in [5.74, 6) is -0.0126. The molecular weight excluding hydrogens is 208 g/mol. The molecule has 0 spiro atoms. The molecule has 0 bridgehead atoms. The molecule has 1 aliphatic rings. The Balaban J connectivity index is 2.52. The van der Waals surface area contributed by atoms with Crippen LogP contribution in [0.1, 0.15) is 5.56 Å². The first kappa shape index (κ1) is 10.4. The Hall–Kier alpha value is -2.17. The molecule has 82 valence electrons. The predicted octanol–water partition coefficient (Wildman–Crippen LogP) is 1.63. The number of rotatable bonds is 1. The molecule has 1 aliphatic heterocycles. The van der Waals surface area contributed by atoms with Crippen LogP contribution in [0.15, 0.2) is 24.3 Å². The Morgan fingerprint density at radius 1 is 1.38 bits per heavy atom. The van der Waals surface area contributed by atoms with E-state index in [-0.39, 0.29) is 11.5 Å².